The zero-order chi connectivity index (χ0) is 9.56. The number of ether oxygens (including phenoxy) is 1. The van der Waals surface area contributed by atoms with Crippen molar-refractivity contribution in [2.24, 2.45) is 0 Å². The van der Waals surface area contributed by atoms with Crippen molar-refractivity contribution < 1.29 is 19.4 Å². The maximum absolute atomic E-state index is 10.5. The number of carbonyl (C=O) groups is 2. The van der Waals surface area contributed by atoms with Crippen LogP contribution in [-0.4, -0.2) is 36.2 Å². The van der Waals surface area contributed by atoms with Crippen LogP contribution < -0.4 is 5.32 Å². The normalized spacial score (nSPS) is 12.2. The molecule has 0 rings (SSSR count). The van der Waals surface area contributed by atoms with Crippen LogP contribution in [0.15, 0.2) is 0 Å². The van der Waals surface area contributed by atoms with Crippen LogP contribution in [0.25, 0.3) is 0 Å². The van der Waals surface area contributed by atoms with E-state index in [0.717, 1.165) is 0 Å². The molecule has 0 spiro atoms. The molecular formula is C7H13NO4. The Kier molecular flexibility index (Phi) is 5.03. The summed E-state index contributed by atoms with van der Waals surface area (Å²) in [7, 11) is 0. The third kappa shape index (κ3) is 4.68. The summed E-state index contributed by atoms with van der Waals surface area (Å²) in [6.07, 6.45) is 0. The van der Waals surface area contributed by atoms with Crippen molar-refractivity contribution in [2.75, 3.05) is 13.2 Å². The number of rotatable bonds is 5. The van der Waals surface area contributed by atoms with Crippen molar-refractivity contribution in [3.63, 3.8) is 0 Å². The first-order valence-electron chi connectivity index (χ1n) is 3.65. The van der Waals surface area contributed by atoms with Gasteiger partial charge in [0.2, 0.25) is 5.91 Å². The van der Waals surface area contributed by atoms with E-state index in [2.05, 4.69) is 5.32 Å². The molecule has 70 valence electrons. The molecule has 0 heterocycles. The second-order valence-electron chi connectivity index (χ2n) is 2.25. The molecule has 0 bridgehead atoms. The molecule has 0 aromatic rings. The van der Waals surface area contributed by atoms with Gasteiger partial charge in [-0.3, -0.25) is 4.79 Å². The zero-order valence-electron chi connectivity index (χ0n) is 7.16. The Hall–Kier alpha value is -1.10. The van der Waals surface area contributed by atoms with Gasteiger partial charge in [0.1, 0.15) is 0 Å². The van der Waals surface area contributed by atoms with Crippen LogP contribution >= 0.6 is 0 Å². The van der Waals surface area contributed by atoms with Crippen LogP contribution in [0.5, 0.6) is 0 Å². The summed E-state index contributed by atoms with van der Waals surface area (Å²) in [6, 6.07) is -0.942. The van der Waals surface area contributed by atoms with Crippen molar-refractivity contribution in [1.82, 2.24) is 5.32 Å². The molecule has 5 heteroatoms. The molecule has 0 saturated carbocycles. The van der Waals surface area contributed by atoms with E-state index < -0.39 is 12.0 Å². The fraction of sp³-hybridized carbons (Fsp3) is 0.714. The number of aliphatic carboxylic acids is 1. The molecule has 0 fully saturated rings. The van der Waals surface area contributed by atoms with Gasteiger partial charge >= 0.3 is 5.97 Å². The van der Waals surface area contributed by atoms with Gasteiger partial charge in [0.15, 0.2) is 6.04 Å². The van der Waals surface area contributed by atoms with E-state index in [1.165, 1.54) is 6.92 Å². The fourth-order valence-electron chi connectivity index (χ4n) is 0.656. The minimum atomic E-state index is -1.08. The lowest BCUT2D eigenvalue weighted by Crippen LogP contribution is -2.42. The second-order valence-corrected chi connectivity index (χ2v) is 2.25. The van der Waals surface area contributed by atoms with Crippen LogP contribution in [-0.2, 0) is 14.3 Å². The van der Waals surface area contributed by atoms with Crippen LogP contribution in [0.1, 0.15) is 13.8 Å². The quantitative estimate of drug-likeness (QED) is 0.596. The third-order valence-electron chi connectivity index (χ3n) is 1.16. The number of amides is 1. The van der Waals surface area contributed by atoms with E-state index in [1.807, 2.05) is 0 Å². The van der Waals surface area contributed by atoms with E-state index in [4.69, 9.17) is 9.84 Å². The highest BCUT2D eigenvalue weighted by Gasteiger charge is 2.17. The van der Waals surface area contributed by atoms with Crippen molar-refractivity contribution >= 4 is 11.9 Å². The first-order valence-corrected chi connectivity index (χ1v) is 3.65. The first kappa shape index (κ1) is 10.9. The molecule has 1 amide bonds. The van der Waals surface area contributed by atoms with Gasteiger partial charge in [0.05, 0.1) is 6.61 Å². The minimum Gasteiger partial charge on any atom is -0.480 e. The second kappa shape index (κ2) is 5.54. The van der Waals surface area contributed by atoms with Gasteiger partial charge in [-0.25, -0.2) is 4.79 Å². The molecule has 1 atom stereocenters. The van der Waals surface area contributed by atoms with Crippen LogP contribution in [0.3, 0.4) is 0 Å². The summed E-state index contributed by atoms with van der Waals surface area (Å²) >= 11 is 0. The lowest BCUT2D eigenvalue weighted by Gasteiger charge is -2.12. The highest BCUT2D eigenvalue weighted by Crippen LogP contribution is 1.86. The van der Waals surface area contributed by atoms with Crippen LogP contribution in [0, 0.1) is 0 Å². The average Bonchev–Trinajstić information content (AvgIpc) is 1.96. The van der Waals surface area contributed by atoms with E-state index in [0.29, 0.717) is 6.61 Å². The van der Waals surface area contributed by atoms with Crippen molar-refractivity contribution in [2.45, 2.75) is 19.9 Å². The highest BCUT2D eigenvalue weighted by molar-refractivity contribution is 5.82. The lowest BCUT2D eigenvalue weighted by molar-refractivity contribution is -0.143. The summed E-state index contributed by atoms with van der Waals surface area (Å²) in [5.41, 5.74) is 0. The number of nitrogens with one attached hydrogen (secondary N) is 1. The van der Waals surface area contributed by atoms with Gasteiger partial charge in [-0.2, -0.15) is 0 Å². The standard InChI is InChI=1S/C7H13NO4/c1-3-12-4-6(7(10)11)8-5(2)9/h6H,3-4H2,1-2H3,(H,8,9)(H,10,11)/t6-/m1/s1. The molecule has 0 aliphatic heterocycles. The number of carboxylic acids is 1. The number of carboxylic acid groups (broad SMARTS) is 1. The molecule has 0 aromatic carbocycles. The van der Waals surface area contributed by atoms with Crippen molar-refractivity contribution in [3.8, 4) is 0 Å². The minimum absolute atomic E-state index is 0.00537. The van der Waals surface area contributed by atoms with E-state index >= 15 is 0 Å². The lowest BCUT2D eigenvalue weighted by atomic mass is 10.3. The average molecular weight is 175 g/mol. The van der Waals surface area contributed by atoms with Gasteiger partial charge in [-0.1, -0.05) is 0 Å². The van der Waals surface area contributed by atoms with Gasteiger partial charge in [0.25, 0.3) is 0 Å². The highest BCUT2D eigenvalue weighted by atomic mass is 16.5. The Morgan fingerprint density at radius 3 is 2.50 bits per heavy atom. The molecule has 2 N–H and O–H groups in total. The molecule has 12 heavy (non-hydrogen) atoms. The molecule has 0 unspecified atom stereocenters. The largest absolute Gasteiger partial charge is 0.480 e. The summed E-state index contributed by atoms with van der Waals surface area (Å²) < 4.78 is 4.86. The summed E-state index contributed by atoms with van der Waals surface area (Å²) in [5, 5.41) is 10.8. The van der Waals surface area contributed by atoms with Gasteiger partial charge in [-0.05, 0) is 6.92 Å². The van der Waals surface area contributed by atoms with E-state index in [1.54, 1.807) is 6.92 Å². The molecule has 0 saturated heterocycles. The predicted octanol–water partition coefficient (Wildman–Crippen LogP) is -0.388. The monoisotopic (exact) mass is 175 g/mol. The molecule has 5 nitrogen and oxygen atoms in total. The molecule has 0 aromatic heterocycles. The van der Waals surface area contributed by atoms with Gasteiger partial charge < -0.3 is 15.2 Å². The summed E-state index contributed by atoms with van der Waals surface area (Å²) in [5.74, 6) is -1.46. The SMILES string of the molecule is CCOC[C@@H](NC(C)=O)C(=O)O. The van der Waals surface area contributed by atoms with Gasteiger partial charge in [0, 0.05) is 13.5 Å². The van der Waals surface area contributed by atoms with Crippen LogP contribution in [0.4, 0.5) is 0 Å². The Morgan fingerprint density at radius 2 is 2.17 bits per heavy atom. The predicted molar refractivity (Wildman–Crippen MR) is 41.7 cm³/mol. The molecule has 0 radical (unpaired) electrons. The van der Waals surface area contributed by atoms with Crippen molar-refractivity contribution in [3.05, 3.63) is 0 Å². The maximum Gasteiger partial charge on any atom is 0.328 e. The van der Waals surface area contributed by atoms with Crippen LogP contribution in [0.2, 0.25) is 0 Å². The van der Waals surface area contributed by atoms with E-state index in [-0.39, 0.29) is 12.5 Å². The summed E-state index contributed by atoms with van der Waals surface area (Å²) in [4.78, 5) is 20.9. The number of carbonyl (C=O) groups excluding carboxylic acids is 1. The topological polar surface area (TPSA) is 75.6 Å². The number of hydrogen-bond donors (Lipinski definition) is 2. The Labute approximate surface area is 70.7 Å². The maximum atomic E-state index is 10.5. The molecule has 0 aliphatic carbocycles. The Balaban J connectivity index is 3.87. The smallest absolute Gasteiger partial charge is 0.328 e. The van der Waals surface area contributed by atoms with E-state index in [9.17, 15) is 9.59 Å². The molecular weight excluding hydrogens is 162 g/mol. The fourth-order valence-corrected chi connectivity index (χ4v) is 0.656. The zero-order valence-corrected chi connectivity index (χ0v) is 7.16. The first-order chi connectivity index (χ1) is 5.57. The summed E-state index contributed by atoms with van der Waals surface area (Å²) in [6.45, 7) is 3.46. The van der Waals surface area contributed by atoms with Crippen molar-refractivity contribution in [1.29, 1.82) is 0 Å². The molecule has 0 aliphatic rings. The number of hydrogen-bond acceptors (Lipinski definition) is 3. The Morgan fingerprint density at radius 1 is 1.58 bits per heavy atom. The Bertz CT molecular complexity index is 169. The third-order valence-corrected chi connectivity index (χ3v) is 1.16. The van der Waals surface area contributed by atoms with Gasteiger partial charge in [-0.15, -0.1) is 0 Å².